The average molecular weight is 1510 g/mol. The number of hydrogen-bond donors (Lipinski definition) is 5. The number of aromatic nitrogens is 5. The second-order valence-corrected chi connectivity index (χ2v) is 30.7. The van der Waals surface area contributed by atoms with Crippen LogP contribution in [0.25, 0.3) is 10.8 Å². The summed E-state index contributed by atoms with van der Waals surface area (Å²) >= 11 is 7.41. The van der Waals surface area contributed by atoms with E-state index in [0.717, 1.165) is 33.3 Å². The van der Waals surface area contributed by atoms with E-state index in [2.05, 4.69) is 48.9 Å². The average Bonchev–Trinajstić information content (AvgIpc) is 1.71. The molecule has 104 heavy (non-hydrogen) atoms. The Morgan fingerprint density at radius 3 is 1.62 bits per heavy atom. The number of nitrogens with one attached hydrogen (secondary N) is 4. The summed E-state index contributed by atoms with van der Waals surface area (Å²) in [7, 11) is -11.2. The van der Waals surface area contributed by atoms with Crippen LogP contribution in [0.2, 0.25) is 5.02 Å². The number of ether oxygens (including phenoxy) is 1. The van der Waals surface area contributed by atoms with Crippen molar-refractivity contribution in [3.63, 3.8) is 0 Å². The Labute approximate surface area is 617 Å². The van der Waals surface area contributed by atoms with Crippen molar-refractivity contribution in [3.05, 3.63) is 252 Å². The Kier molecular flexibility index (Phi) is 24.3. The van der Waals surface area contributed by atoms with Gasteiger partial charge in [0.15, 0.2) is 11.7 Å². The minimum absolute atomic E-state index is 0. The predicted octanol–water partition coefficient (Wildman–Crippen LogP) is 11.8. The van der Waals surface area contributed by atoms with Gasteiger partial charge in [-0.1, -0.05) is 109 Å². The van der Waals surface area contributed by atoms with Crippen LogP contribution in [0.15, 0.2) is 245 Å². The third kappa shape index (κ3) is 18.9. The number of aliphatic hydroxyl groups is 1. The largest absolute Gasteiger partial charge is 0.512 e. The molecule has 0 saturated carbocycles. The van der Waals surface area contributed by atoms with Gasteiger partial charge in [-0.25, -0.2) is 50.2 Å². The van der Waals surface area contributed by atoms with E-state index < -0.39 is 36.0 Å². The van der Waals surface area contributed by atoms with Crippen LogP contribution in [-0.4, -0.2) is 165 Å². The second-order valence-electron chi connectivity index (χ2n) is 24.4. The van der Waals surface area contributed by atoms with E-state index in [4.69, 9.17) is 21.7 Å². The molecule has 3 aliphatic rings. The maximum absolute atomic E-state index is 13.2. The Balaban J connectivity index is 0.000000200. The van der Waals surface area contributed by atoms with E-state index in [-0.39, 0.29) is 77.9 Å². The smallest absolute Gasteiger partial charge is 0.263 e. The summed E-state index contributed by atoms with van der Waals surface area (Å²) in [5.74, 6) is 0.549. The lowest BCUT2D eigenvalue weighted by Crippen LogP contribution is -2.50. The number of carbonyl (C=O) groups is 3. The van der Waals surface area contributed by atoms with Crippen molar-refractivity contribution < 1.29 is 53.8 Å². The number of fused-ring (bicyclic) bond motifs is 1. The molecule has 1 unspecified atom stereocenters. The molecular weight excluding hydrogens is 1420 g/mol. The minimum atomic E-state index is -3.75. The Hall–Kier alpha value is -10.9. The fraction of sp³-hybridized carbons (Fsp3) is 0.230. The molecular formula is C74H81ClN14O11S4. The third-order valence-electron chi connectivity index (χ3n) is 17.7. The molecule has 13 rings (SSSR count). The normalized spacial score (nSPS) is 14.9. The summed E-state index contributed by atoms with van der Waals surface area (Å²) in [6.45, 7) is 9.27. The van der Waals surface area contributed by atoms with Crippen LogP contribution in [0, 0.1) is 5.41 Å². The number of likely N-dealkylation sites (tertiary alicyclic amines) is 1. The summed E-state index contributed by atoms with van der Waals surface area (Å²) in [6, 6.07) is 53.4. The summed E-state index contributed by atoms with van der Waals surface area (Å²) < 4.78 is 88.6. The number of nitrogens with zero attached hydrogens (tertiary/aromatic N) is 10. The van der Waals surface area contributed by atoms with Gasteiger partial charge in [0.1, 0.15) is 41.4 Å². The molecule has 3 fully saturated rings. The maximum Gasteiger partial charge on any atom is 0.263 e. The van der Waals surface area contributed by atoms with Gasteiger partial charge in [0.05, 0.1) is 26.3 Å². The first-order valence-electron chi connectivity index (χ1n) is 33.2. The number of thiazole rings is 1. The molecule has 0 aliphatic carbocycles. The minimum Gasteiger partial charge on any atom is -0.512 e. The van der Waals surface area contributed by atoms with Gasteiger partial charge in [0.25, 0.3) is 41.9 Å². The van der Waals surface area contributed by atoms with Crippen molar-refractivity contribution in [3.8, 4) is 5.75 Å². The molecule has 3 saturated heterocycles. The van der Waals surface area contributed by atoms with Gasteiger partial charge in [0, 0.05) is 121 Å². The summed E-state index contributed by atoms with van der Waals surface area (Å²) in [5, 5.41) is 23.1. The Bertz CT molecular complexity index is 5010. The molecule has 3 aliphatic heterocycles. The second kappa shape index (κ2) is 34.0. The van der Waals surface area contributed by atoms with E-state index >= 15 is 0 Å². The van der Waals surface area contributed by atoms with Crippen LogP contribution in [0.5, 0.6) is 5.75 Å². The summed E-state index contributed by atoms with van der Waals surface area (Å²) in [6.07, 6.45) is 8.38. The van der Waals surface area contributed by atoms with E-state index in [0.29, 0.717) is 99.8 Å². The molecule has 6 heterocycles. The molecule has 30 heteroatoms. The van der Waals surface area contributed by atoms with Crippen molar-refractivity contribution in [1.29, 1.82) is 5.41 Å². The van der Waals surface area contributed by atoms with Gasteiger partial charge >= 0.3 is 0 Å². The topological polar surface area (TPSA) is 324 Å². The number of rotatable bonds is 20. The summed E-state index contributed by atoms with van der Waals surface area (Å²) in [4.78, 5) is 68.2. The lowest BCUT2D eigenvalue weighted by atomic mass is 9.89. The first kappa shape index (κ1) is 74.3. The molecule has 25 nitrogen and oxygen atoms in total. The zero-order chi connectivity index (χ0) is 73.4. The molecule has 7 aromatic carbocycles. The number of piperidine rings is 1. The maximum atomic E-state index is 13.2. The highest BCUT2D eigenvalue weighted by atomic mass is 35.5. The highest BCUT2D eigenvalue weighted by molar-refractivity contribution is 7.93. The number of piperazine rings is 2. The fourth-order valence-electron chi connectivity index (χ4n) is 12.1. The van der Waals surface area contributed by atoms with Gasteiger partial charge in [-0.3, -0.25) is 34.0 Å². The zero-order valence-corrected chi connectivity index (χ0v) is 60.7. The lowest BCUT2D eigenvalue weighted by molar-refractivity contribution is -0.134. The number of benzene rings is 7. The highest BCUT2D eigenvalue weighted by Gasteiger charge is 2.32. The molecule has 544 valence electrons. The molecule has 0 radical (unpaired) electrons. The third-order valence-corrected chi connectivity index (χ3v) is 23.0. The van der Waals surface area contributed by atoms with Crippen molar-refractivity contribution in [2.75, 3.05) is 96.0 Å². The standard InChI is InChI=1S/C26H25N5O4S.C25H25ClN4O4S2.C23H25N5O3S.3H2/c32-26(18-35-24-7-3-5-20-4-1-2-6-23(20)24)31-16-14-30(15-17-31)21-8-10-22(11-9-21)36(33,34)29-25-12-13-27-19-28-25;1-16(31)22(23(27)20-4-2-3-5-21(20)26)24(32)30-13-10-18(11-14-30)17-6-8-19(9-7-17)36(33,34)29-25-28-12-15-35-25;1-18(19-5-3-2-4-6-19)23(29)28-15-13-27(14-16-28)20-7-9-21(10-8-20)32(30,31)26-22-11-12-24-17-25-22;;;/h1-13,19H,14-18H2,(H,27,28,29);2-9,12,15,18,27,31H,10-11,13-14H2,1H3,(H,28,29);2-12,17-18H,13-16H2,1H3,(H,24,25,26);3*1H/b;22-16+,27-23?;;;;. The number of halogens is 1. The number of aliphatic hydroxyl groups excluding tert-OH is 1. The number of sulfonamides is 3. The molecule has 1 atom stereocenters. The Morgan fingerprint density at radius 1 is 0.587 bits per heavy atom. The molecule has 3 amide bonds. The van der Waals surface area contributed by atoms with Gasteiger partial charge in [-0.15, -0.1) is 11.3 Å². The van der Waals surface area contributed by atoms with Crippen molar-refractivity contribution in [2.45, 2.75) is 53.2 Å². The molecule has 5 N–H and O–H groups in total. The Morgan fingerprint density at radius 2 is 1.10 bits per heavy atom. The fourth-order valence-corrected chi connectivity index (χ4v) is 16.1. The molecule has 0 spiro atoms. The zero-order valence-electron chi connectivity index (χ0n) is 56.6. The van der Waals surface area contributed by atoms with E-state index in [1.54, 1.807) is 112 Å². The van der Waals surface area contributed by atoms with Crippen molar-refractivity contribution in [2.24, 2.45) is 0 Å². The van der Waals surface area contributed by atoms with Crippen molar-refractivity contribution >= 4 is 115 Å². The monoisotopic (exact) mass is 1500 g/mol. The van der Waals surface area contributed by atoms with Crippen LogP contribution in [-0.2, 0) is 44.5 Å². The number of carbonyl (C=O) groups excluding carboxylic acids is 3. The molecule has 10 aromatic rings. The number of hydrogen-bond acceptors (Lipinski definition) is 20. The van der Waals surface area contributed by atoms with E-state index in [9.17, 15) is 44.7 Å². The highest BCUT2D eigenvalue weighted by Crippen LogP contribution is 2.33. The van der Waals surface area contributed by atoms with Gasteiger partial charge in [-0.05, 0) is 134 Å². The van der Waals surface area contributed by atoms with Crippen LogP contribution < -0.4 is 28.7 Å². The van der Waals surface area contributed by atoms with Crippen LogP contribution in [0.3, 0.4) is 0 Å². The van der Waals surface area contributed by atoms with Crippen LogP contribution in [0.1, 0.15) is 59.5 Å². The van der Waals surface area contributed by atoms with E-state index in [1.807, 2.05) is 84.6 Å². The lowest BCUT2D eigenvalue weighted by Gasteiger charge is -2.37. The van der Waals surface area contributed by atoms with Crippen LogP contribution in [0.4, 0.5) is 28.1 Å². The van der Waals surface area contributed by atoms with Gasteiger partial charge < -0.3 is 34.3 Å². The summed E-state index contributed by atoms with van der Waals surface area (Å²) in [5.41, 5.74) is 4.04. The number of anilines is 5. The van der Waals surface area contributed by atoms with E-state index in [1.165, 1.54) is 61.6 Å². The first-order valence-corrected chi connectivity index (χ1v) is 38.9. The van der Waals surface area contributed by atoms with Gasteiger partial charge in [0.2, 0.25) is 5.91 Å². The SMILES string of the molecule is C/C(O)=C(/C(=N)c1ccccc1Cl)C(=O)N1CCC(c2ccc(S(=O)(=O)Nc3nccs3)cc2)CC1.CC(C(=O)N1CCN(c2ccc(S(=O)(=O)Nc3ccncn3)cc2)CC1)c1ccccc1.O=C(COc1cccc2ccccc12)N1CCN(c2ccc(S(=O)(=O)Nc3ccncn3)cc2)CC1.[HH].[HH].[HH]. The predicted molar refractivity (Wildman–Crippen MR) is 408 cm³/mol. The molecule has 0 bridgehead atoms. The van der Waals surface area contributed by atoms with Crippen LogP contribution >= 0.6 is 22.9 Å². The quantitative estimate of drug-likeness (QED) is 0.0269. The van der Waals surface area contributed by atoms with Gasteiger partial charge in [-0.2, -0.15) is 0 Å². The van der Waals surface area contributed by atoms with Crippen molar-refractivity contribution in [1.82, 2.24) is 39.6 Å². The number of allylic oxidation sites excluding steroid dienone is 1. The molecule has 3 aromatic heterocycles. The number of amides is 3. The first-order chi connectivity index (χ1) is 50.1.